The third-order valence-electron chi connectivity index (χ3n) is 2.96. The highest BCUT2D eigenvalue weighted by atomic mass is 32.2. The highest BCUT2D eigenvalue weighted by molar-refractivity contribution is 7.93. The van der Waals surface area contributed by atoms with Crippen LogP contribution in [0.15, 0.2) is 34.1 Å². The zero-order chi connectivity index (χ0) is 17.0. The predicted octanol–water partition coefficient (Wildman–Crippen LogP) is 0.366. The number of benzene rings is 1. The topological polar surface area (TPSA) is 115 Å². The monoisotopic (exact) mass is 348 g/mol. The second-order valence-corrected chi connectivity index (χ2v) is 8.77. The van der Waals surface area contributed by atoms with Crippen LogP contribution in [-0.2, 0) is 24.7 Å². The minimum atomic E-state index is -4.13. The molecule has 0 atom stereocenters. The predicted molar refractivity (Wildman–Crippen MR) is 82.4 cm³/mol. The Morgan fingerprint density at radius 3 is 2.14 bits per heavy atom. The van der Waals surface area contributed by atoms with E-state index < -0.39 is 32.3 Å². The highest BCUT2D eigenvalue weighted by Crippen LogP contribution is 2.24. The van der Waals surface area contributed by atoms with Crippen molar-refractivity contribution in [2.24, 2.45) is 5.73 Å². The van der Waals surface area contributed by atoms with Gasteiger partial charge >= 0.3 is 0 Å². The number of primary amides is 1. The van der Waals surface area contributed by atoms with Crippen molar-refractivity contribution in [2.75, 3.05) is 19.3 Å². The van der Waals surface area contributed by atoms with E-state index in [0.29, 0.717) is 6.42 Å². The summed E-state index contributed by atoms with van der Waals surface area (Å²) in [6.07, 6.45) is 2.19. The van der Waals surface area contributed by atoms with E-state index in [2.05, 4.69) is 0 Å². The van der Waals surface area contributed by atoms with Gasteiger partial charge in [0.05, 0.1) is 11.4 Å². The number of nitrogens with two attached hydrogens (primary N) is 1. The van der Waals surface area contributed by atoms with E-state index in [0.717, 1.165) is 17.0 Å². The smallest absolute Gasteiger partial charge is 0.244 e. The Labute approximate surface area is 131 Å². The van der Waals surface area contributed by atoms with E-state index in [-0.39, 0.29) is 16.3 Å². The third kappa shape index (κ3) is 4.52. The summed E-state index contributed by atoms with van der Waals surface area (Å²) in [5.41, 5.74) is 5.10. The molecule has 1 aromatic carbocycles. The van der Waals surface area contributed by atoms with E-state index >= 15 is 0 Å². The van der Waals surface area contributed by atoms with Crippen LogP contribution in [0.4, 0.5) is 0 Å². The normalized spacial score (nSPS) is 12.5. The Morgan fingerprint density at radius 2 is 1.68 bits per heavy atom. The Kier molecular flexibility index (Phi) is 6.09. The molecule has 2 N–H and O–H groups in total. The molecule has 22 heavy (non-hydrogen) atoms. The van der Waals surface area contributed by atoms with Crippen molar-refractivity contribution in [1.29, 1.82) is 0 Å². The second-order valence-electron chi connectivity index (χ2n) is 4.88. The largest absolute Gasteiger partial charge is 0.369 e. The van der Waals surface area contributed by atoms with Crippen LogP contribution in [0.3, 0.4) is 0 Å². The second kappa shape index (κ2) is 7.21. The Bertz CT molecular complexity index is 741. The van der Waals surface area contributed by atoms with Gasteiger partial charge in [-0.2, -0.15) is 4.31 Å². The zero-order valence-corrected chi connectivity index (χ0v) is 14.2. The Morgan fingerprint density at radius 1 is 1.14 bits per heavy atom. The lowest BCUT2D eigenvalue weighted by Gasteiger charge is -2.21. The van der Waals surface area contributed by atoms with E-state index in [1.54, 1.807) is 0 Å². The first-order valence-electron chi connectivity index (χ1n) is 6.68. The highest BCUT2D eigenvalue weighted by Gasteiger charge is 2.30. The molecule has 124 valence electrons. The van der Waals surface area contributed by atoms with Crippen molar-refractivity contribution < 1.29 is 21.6 Å². The molecule has 9 heteroatoms. The molecule has 1 rings (SSSR count). The molecule has 0 aliphatic heterocycles. The number of carbonyl (C=O) groups excluding carboxylic acids is 1. The van der Waals surface area contributed by atoms with Gasteiger partial charge in [0.2, 0.25) is 15.9 Å². The summed E-state index contributed by atoms with van der Waals surface area (Å²) in [5, 5.41) is 0. The van der Waals surface area contributed by atoms with Gasteiger partial charge in [-0.15, -0.1) is 0 Å². The summed E-state index contributed by atoms with van der Waals surface area (Å²) in [7, 11) is -7.85. The summed E-state index contributed by atoms with van der Waals surface area (Å²) in [6.45, 7) is 1.49. The molecule has 0 aromatic heterocycles. The molecule has 0 aliphatic rings. The lowest BCUT2D eigenvalue weighted by Crippen LogP contribution is -2.39. The van der Waals surface area contributed by atoms with Crippen molar-refractivity contribution in [1.82, 2.24) is 4.31 Å². The lowest BCUT2D eigenvalue weighted by molar-refractivity contribution is -0.118. The van der Waals surface area contributed by atoms with Crippen LogP contribution >= 0.6 is 0 Å². The lowest BCUT2D eigenvalue weighted by atomic mass is 10.3. The van der Waals surface area contributed by atoms with Crippen LogP contribution in [0.2, 0.25) is 0 Å². The number of nitrogens with zero attached hydrogens (tertiary/aromatic N) is 1. The maximum Gasteiger partial charge on any atom is 0.244 e. The van der Waals surface area contributed by atoms with Crippen LogP contribution in [0.5, 0.6) is 0 Å². The minimum absolute atomic E-state index is 0.0971. The maximum atomic E-state index is 12.7. The van der Waals surface area contributed by atoms with Crippen LogP contribution in [0.1, 0.15) is 19.8 Å². The van der Waals surface area contributed by atoms with Gasteiger partial charge in [0.15, 0.2) is 9.84 Å². The molecule has 0 radical (unpaired) electrons. The zero-order valence-electron chi connectivity index (χ0n) is 12.5. The fourth-order valence-corrected chi connectivity index (χ4v) is 4.95. The molecule has 7 nitrogen and oxygen atoms in total. The molecule has 0 spiro atoms. The van der Waals surface area contributed by atoms with Crippen molar-refractivity contribution in [3.63, 3.8) is 0 Å². The fraction of sp³-hybridized carbons (Fsp3) is 0.462. The van der Waals surface area contributed by atoms with E-state index in [1.807, 2.05) is 6.92 Å². The van der Waals surface area contributed by atoms with Gasteiger partial charge in [-0.25, -0.2) is 16.8 Å². The Hall–Kier alpha value is -1.45. The number of carbonyl (C=O) groups is 1. The van der Waals surface area contributed by atoms with Crippen LogP contribution in [0.25, 0.3) is 0 Å². The number of hydrogen-bond donors (Lipinski definition) is 1. The number of rotatable bonds is 8. The third-order valence-corrected chi connectivity index (χ3v) is 6.15. The van der Waals surface area contributed by atoms with Gasteiger partial charge in [0.25, 0.3) is 0 Å². The molecular formula is C13H20N2O5S2. The molecule has 0 bridgehead atoms. The summed E-state index contributed by atoms with van der Waals surface area (Å²) < 4.78 is 49.9. The average Bonchev–Trinajstić information content (AvgIpc) is 2.42. The van der Waals surface area contributed by atoms with Crippen molar-refractivity contribution >= 4 is 25.8 Å². The van der Waals surface area contributed by atoms with Crippen LogP contribution in [0, 0.1) is 0 Å². The molecular weight excluding hydrogens is 328 g/mol. The number of amides is 1. The number of sulfone groups is 1. The molecule has 1 amide bonds. The summed E-state index contributed by atoms with van der Waals surface area (Å²) >= 11 is 0. The van der Waals surface area contributed by atoms with Gasteiger partial charge in [-0.3, -0.25) is 4.79 Å². The van der Waals surface area contributed by atoms with Crippen LogP contribution < -0.4 is 5.73 Å². The maximum absolute atomic E-state index is 12.7. The van der Waals surface area contributed by atoms with Crippen molar-refractivity contribution in [3.8, 4) is 0 Å². The van der Waals surface area contributed by atoms with Crippen molar-refractivity contribution in [3.05, 3.63) is 24.3 Å². The van der Waals surface area contributed by atoms with E-state index in [9.17, 15) is 21.6 Å². The van der Waals surface area contributed by atoms with E-state index in [4.69, 9.17) is 5.73 Å². The quantitative estimate of drug-likeness (QED) is 0.729. The van der Waals surface area contributed by atoms with Gasteiger partial charge in [-0.1, -0.05) is 25.5 Å². The SMILES string of the molecule is CCCCN(CC(N)=O)S(=O)(=O)c1ccccc1S(C)(=O)=O. The molecule has 0 heterocycles. The number of sulfonamides is 1. The number of unbranched alkanes of at least 4 members (excludes halogenated alkanes) is 1. The summed E-state index contributed by atoms with van der Waals surface area (Å²) in [5.74, 6) is -0.795. The molecule has 0 fully saturated rings. The fourth-order valence-electron chi connectivity index (χ4n) is 1.90. The van der Waals surface area contributed by atoms with Gasteiger partial charge < -0.3 is 5.73 Å². The van der Waals surface area contributed by atoms with Crippen molar-refractivity contribution in [2.45, 2.75) is 29.6 Å². The van der Waals surface area contributed by atoms with Gasteiger partial charge in [0, 0.05) is 12.8 Å². The first-order valence-corrected chi connectivity index (χ1v) is 10.0. The summed E-state index contributed by atoms with van der Waals surface area (Å²) in [6, 6.07) is 5.32. The Balaban J connectivity index is 3.40. The minimum Gasteiger partial charge on any atom is -0.369 e. The first-order chi connectivity index (χ1) is 10.1. The molecule has 0 saturated carbocycles. The molecule has 0 unspecified atom stereocenters. The standard InChI is InChI=1S/C13H20N2O5S2/c1-3-4-9-15(10-13(14)16)22(19,20)12-8-6-5-7-11(12)21(2,17)18/h5-8H,3-4,9-10H2,1-2H3,(H2,14,16). The molecule has 0 aliphatic carbocycles. The first kappa shape index (κ1) is 18.6. The average molecular weight is 348 g/mol. The van der Waals surface area contributed by atoms with E-state index in [1.165, 1.54) is 24.3 Å². The number of hydrogen-bond acceptors (Lipinski definition) is 5. The summed E-state index contributed by atoms with van der Waals surface area (Å²) in [4.78, 5) is 10.5. The van der Waals surface area contributed by atoms with Gasteiger partial charge in [-0.05, 0) is 18.6 Å². The van der Waals surface area contributed by atoms with Crippen LogP contribution in [-0.4, -0.2) is 46.4 Å². The molecule has 1 aromatic rings. The van der Waals surface area contributed by atoms with Gasteiger partial charge in [0.1, 0.15) is 4.90 Å². The molecule has 0 saturated heterocycles.